The molecule has 0 bridgehead atoms. The van der Waals surface area contributed by atoms with E-state index in [2.05, 4.69) is 44.3 Å². The molecule has 0 heterocycles. The first-order chi connectivity index (χ1) is 14.8. The van der Waals surface area contributed by atoms with Crippen LogP contribution in [0.1, 0.15) is 39.7 Å². The maximum Gasteiger partial charge on any atom is 0.247 e. The number of nitrogens with one attached hydrogen (secondary N) is 1. The Bertz CT molecular complexity index is 856. The maximum absolute atomic E-state index is 12.5. The fraction of sp³-hybridized carbons (Fsp3) is 0.519. The first-order valence-electron chi connectivity index (χ1n) is 11.4. The molecule has 1 fully saturated rings. The fourth-order valence-corrected chi connectivity index (χ4v) is 5.31. The summed E-state index contributed by atoms with van der Waals surface area (Å²) in [4.78, 5) is 12.5. The van der Waals surface area contributed by atoms with E-state index in [1.54, 1.807) is 7.11 Å². The van der Waals surface area contributed by atoms with Crippen molar-refractivity contribution in [2.24, 2.45) is 35.5 Å². The first-order valence-corrected chi connectivity index (χ1v) is 11.4. The highest BCUT2D eigenvalue weighted by atomic mass is 16.5. The van der Waals surface area contributed by atoms with Crippen molar-refractivity contribution >= 4 is 5.91 Å². The summed E-state index contributed by atoms with van der Waals surface area (Å²) < 4.78 is 5.23. The molecule has 0 spiro atoms. The van der Waals surface area contributed by atoms with Gasteiger partial charge in [-0.25, -0.2) is 0 Å². The van der Waals surface area contributed by atoms with E-state index in [-0.39, 0.29) is 17.9 Å². The third kappa shape index (κ3) is 5.48. The minimum Gasteiger partial charge on any atom is -0.497 e. The molecule has 7 atom stereocenters. The molecule has 1 aromatic carbocycles. The van der Waals surface area contributed by atoms with Gasteiger partial charge in [0, 0.05) is 12.1 Å². The number of aliphatic hydroxyl groups excluding tert-OH is 1. The Morgan fingerprint density at radius 1 is 1.26 bits per heavy atom. The molecule has 0 aromatic heterocycles. The number of fused-ring (bicyclic) bond motifs is 1. The van der Waals surface area contributed by atoms with Gasteiger partial charge in [-0.2, -0.15) is 0 Å². The summed E-state index contributed by atoms with van der Waals surface area (Å²) in [6.45, 7) is 8.90. The lowest BCUT2D eigenvalue weighted by Gasteiger charge is -2.48. The summed E-state index contributed by atoms with van der Waals surface area (Å²) in [7, 11) is 1.64. The number of carbonyl (C=O) groups is 1. The highest BCUT2D eigenvalue weighted by Gasteiger charge is 2.44. The minimum atomic E-state index is -0.240. The smallest absolute Gasteiger partial charge is 0.247 e. The van der Waals surface area contributed by atoms with Gasteiger partial charge in [-0.05, 0) is 66.5 Å². The number of rotatable bonds is 6. The van der Waals surface area contributed by atoms with Crippen LogP contribution >= 0.6 is 0 Å². The van der Waals surface area contributed by atoms with Crippen molar-refractivity contribution in [3.05, 3.63) is 65.8 Å². The van der Waals surface area contributed by atoms with E-state index in [0.717, 1.165) is 17.7 Å². The molecule has 0 radical (unpaired) electrons. The van der Waals surface area contributed by atoms with E-state index >= 15 is 0 Å². The molecule has 2 aliphatic carbocycles. The molecule has 0 aliphatic heterocycles. The summed E-state index contributed by atoms with van der Waals surface area (Å²) in [5.74, 6) is 3.09. The molecule has 4 heteroatoms. The van der Waals surface area contributed by atoms with Crippen LogP contribution in [0.25, 0.3) is 0 Å². The maximum atomic E-state index is 12.5. The fourth-order valence-electron chi connectivity index (χ4n) is 5.31. The average molecular weight is 424 g/mol. The van der Waals surface area contributed by atoms with Gasteiger partial charge in [-0.3, -0.25) is 4.79 Å². The summed E-state index contributed by atoms with van der Waals surface area (Å²) in [5, 5.41) is 13.6. The lowest BCUT2D eigenvalue weighted by molar-refractivity contribution is -0.117. The van der Waals surface area contributed by atoms with E-state index in [1.807, 2.05) is 43.3 Å². The Kier molecular flexibility index (Phi) is 7.77. The van der Waals surface area contributed by atoms with Gasteiger partial charge in [0.05, 0.1) is 13.2 Å². The molecule has 2 aliphatic rings. The van der Waals surface area contributed by atoms with Crippen LogP contribution in [0.2, 0.25) is 0 Å². The number of ether oxygens (including phenoxy) is 1. The van der Waals surface area contributed by atoms with Gasteiger partial charge in [-0.1, -0.05) is 63.3 Å². The van der Waals surface area contributed by atoms with Crippen molar-refractivity contribution in [3.63, 3.8) is 0 Å². The van der Waals surface area contributed by atoms with Crippen LogP contribution in [0.4, 0.5) is 0 Å². The number of aliphatic hydroxyl groups is 1. The Morgan fingerprint density at radius 3 is 2.77 bits per heavy atom. The molecule has 0 saturated heterocycles. The number of methoxy groups -OCH3 is 1. The number of allylic oxidation sites excluding steroid dienone is 5. The van der Waals surface area contributed by atoms with Gasteiger partial charge < -0.3 is 15.2 Å². The number of hydrogen-bond donors (Lipinski definition) is 2. The van der Waals surface area contributed by atoms with Crippen LogP contribution in [0.5, 0.6) is 5.75 Å². The van der Waals surface area contributed by atoms with Gasteiger partial charge in [0.25, 0.3) is 0 Å². The Labute approximate surface area is 187 Å². The second-order valence-electron chi connectivity index (χ2n) is 9.39. The first kappa shape index (κ1) is 23.3. The van der Waals surface area contributed by atoms with Crippen molar-refractivity contribution in [1.82, 2.24) is 5.32 Å². The van der Waals surface area contributed by atoms with Gasteiger partial charge in [0.1, 0.15) is 5.75 Å². The van der Waals surface area contributed by atoms with Gasteiger partial charge in [0.15, 0.2) is 0 Å². The van der Waals surface area contributed by atoms with Crippen LogP contribution in [-0.4, -0.2) is 24.2 Å². The molecular formula is C27H37NO3. The number of carbonyl (C=O) groups excluding carboxylic acids is 1. The highest BCUT2D eigenvalue weighted by molar-refractivity contribution is 5.93. The molecular weight excluding hydrogens is 386 g/mol. The standard InChI is InChI=1S/C27H37NO3/c1-17-12-13-22-14-19(3)26(29)20(4)25(22)24(17)11-6-8-18(2)27(30)28-16-21-9-7-10-23(15-21)31-5/h6-13,15,17,19-20,22,24-26,29H,14,16H2,1-5H3,(H,28,30)/b11-6+,18-8+/t17-,19-,20+,22+,24+,25-,26+/m1/s1. The van der Waals surface area contributed by atoms with E-state index in [0.29, 0.717) is 41.7 Å². The zero-order chi connectivity index (χ0) is 22.5. The number of amides is 1. The van der Waals surface area contributed by atoms with E-state index in [4.69, 9.17) is 4.74 Å². The van der Waals surface area contributed by atoms with Gasteiger partial charge in [-0.15, -0.1) is 0 Å². The van der Waals surface area contributed by atoms with E-state index < -0.39 is 0 Å². The minimum absolute atomic E-state index is 0.0720. The highest BCUT2D eigenvalue weighted by Crippen LogP contribution is 2.48. The van der Waals surface area contributed by atoms with Crippen molar-refractivity contribution in [1.29, 1.82) is 0 Å². The Morgan fingerprint density at radius 2 is 2.03 bits per heavy atom. The molecule has 31 heavy (non-hydrogen) atoms. The SMILES string of the molecule is COc1cccc(CNC(=O)/C(C)=C/C=C/[C@@H]2[C@@H]3[C@H](C)[C@@H](O)[C@H](C)C[C@@H]3C=C[C@H]2C)c1. The molecule has 0 unspecified atom stereocenters. The van der Waals surface area contributed by atoms with Crippen LogP contribution in [0.3, 0.4) is 0 Å². The van der Waals surface area contributed by atoms with E-state index in [1.165, 1.54) is 0 Å². The summed E-state index contributed by atoms with van der Waals surface area (Å²) in [5.41, 5.74) is 1.68. The quantitative estimate of drug-likeness (QED) is 0.388. The zero-order valence-corrected chi connectivity index (χ0v) is 19.4. The third-order valence-corrected chi connectivity index (χ3v) is 7.21. The third-order valence-electron chi connectivity index (χ3n) is 7.21. The molecule has 1 aromatic rings. The second-order valence-corrected chi connectivity index (χ2v) is 9.39. The Hall–Kier alpha value is -2.33. The molecule has 2 N–H and O–H groups in total. The molecule has 1 amide bonds. The second kappa shape index (κ2) is 10.3. The lowest BCUT2D eigenvalue weighted by Crippen LogP contribution is -2.46. The molecule has 1 saturated carbocycles. The van der Waals surface area contributed by atoms with Crippen LogP contribution in [0.15, 0.2) is 60.2 Å². The lowest BCUT2D eigenvalue weighted by atomic mass is 9.58. The summed E-state index contributed by atoms with van der Waals surface area (Å²) >= 11 is 0. The molecule has 168 valence electrons. The zero-order valence-electron chi connectivity index (χ0n) is 19.4. The van der Waals surface area contributed by atoms with Crippen LogP contribution < -0.4 is 10.1 Å². The topological polar surface area (TPSA) is 58.6 Å². The largest absolute Gasteiger partial charge is 0.497 e. The predicted molar refractivity (Wildman–Crippen MR) is 125 cm³/mol. The predicted octanol–water partition coefficient (Wildman–Crippen LogP) is 4.91. The normalized spacial score (nSPS) is 33.2. The van der Waals surface area contributed by atoms with Crippen molar-refractivity contribution in [3.8, 4) is 5.75 Å². The summed E-state index contributed by atoms with van der Waals surface area (Å²) in [6, 6.07) is 7.70. The number of hydrogen-bond acceptors (Lipinski definition) is 3. The molecule has 4 nitrogen and oxygen atoms in total. The van der Waals surface area contributed by atoms with E-state index in [9.17, 15) is 9.90 Å². The van der Waals surface area contributed by atoms with Gasteiger partial charge >= 0.3 is 0 Å². The number of benzene rings is 1. The Balaban J connectivity index is 1.63. The van der Waals surface area contributed by atoms with Crippen molar-refractivity contribution < 1.29 is 14.6 Å². The van der Waals surface area contributed by atoms with Crippen LogP contribution in [-0.2, 0) is 11.3 Å². The molecule has 3 rings (SSSR count). The average Bonchev–Trinajstić information content (AvgIpc) is 2.77. The summed E-state index contributed by atoms with van der Waals surface area (Å²) in [6.07, 6.45) is 11.7. The van der Waals surface area contributed by atoms with Crippen molar-refractivity contribution in [2.75, 3.05) is 7.11 Å². The van der Waals surface area contributed by atoms with Crippen LogP contribution in [0, 0.1) is 35.5 Å². The van der Waals surface area contributed by atoms with Gasteiger partial charge in [0.2, 0.25) is 5.91 Å². The monoisotopic (exact) mass is 423 g/mol. The van der Waals surface area contributed by atoms with Crippen molar-refractivity contribution in [2.45, 2.75) is 46.8 Å².